The highest BCUT2D eigenvalue weighted by atomic mass is 32.2. The van der Waals surface area contributed by atoms with Crippen molar-refractivity contribution in [3.63, 3.8) is 0 Å². The summed E-state index contributed by atoms with van der Waals surface area (Å²) in [5, 5.41) is 7.94. The molecule has 1 heterocycles. The topological polar surface area (TPSA) is 86.1 Å². The van der Waals surface area contributed by atoms with E-state index in [1.165, 1.54) is 12.0 Å². The van der Waals surface area contributed by atoms with Gasteiger partial charge >= 0.3 is 0 Å². The molecule has 1 amide bonds. The molecule has 1 N–H and O–H groups in total. The molecular weight excluding hydrogens is 629 g/mol. The highest BCUT2D eigenvalue weighted by molar-refractivity contribution is 7.98. The molecule has 274 valence electrons. The Hall–Kier alpha value is -3.23. The molecular formula is C41H66N4O3S. The van der Waals surface area contributed by atoms with Crippen LogP contribution in [-0.4, -0.2) is 61.2 Å². The van der Waals surface area contributed by atoms with Crippen LogP contribution in [0.4, 0.5) is 5.69 Å². The molecule has 0 aromatic heterocycles. The Kier molecular flexibility index (Phi) is 26.7. The quantitative estimate of drug-likeness (QED) is 0.140. The molecule has 0 saturated carbocycles. The van der Waals surface area contributed by atoms with Gasteiger partial charge in [0.2, 0.25) is 0 Å². The zero-order valence-electron chi connectivity index (χ0n) is 32.3. The Balaban J connectivity index is 0.00000152. The first-order chi connectivity index (χ1) is 23.7. The highest BCUT2D eigenvalue weighted by Crippen LogP contribution is 2.29. The van der Waals surface area contributed by atoms with Gasteiger partial charge in [-0.05, 0) is 67.4 Å². The highest BCUT2D eigenvalue weighted by Gasteiger charge is 2.27. The molecule has 7 nitrogen and oxygen atoms in total. The number of thioether (sulfide) groups is 1. The second kappa shape index (κ2) is 28.6. The predicted molar refractivity (Wildman–Crippen MR) is 214 cm³/mol. The number of likely N-dealkylation sites (N-methyl/N-ethyl adjacent to an activating group) is 1. The van der Waals surface area contributed by atoms with Crippen LogP contribution in [0.25, 0.3) is 0 Å². The number of anilines is 1. The molecule has 0 saturated heterocycles. The number of benzene rings is 2. The minimum atomic E-state index is -0.199. The lowest BCUT2D eigenvalue weighted by Crippen LogP contribution is -2.34. The summed E-state index contributed by atoms with van der Waals surface area (Å²) in [5.74, 6) is 2.34. The monoisotopic (exact) mass is 694 g/mol. The van der Waals surface area contributed by atoms with Gasteiger partial charge in [0.25, 0.3) is 5.91 Å². The fourth-order valence-corrected chi connectivity index (χ4v) is 5.13. The lowest BCUT2D eigenvalue weighted by molar-refractivity contribution is -0.117. The summed E-state index contributed by atoms with van der Waals surface area (Å²) in [5.41, 5.74) is 3.33. The normalized spacial score (nSPS) is 14.0. The second-order valence-electron chi connectivity index (χ2n) is 12.0. The van der Waals surface area contributed by atoms with Gasteiger partial charge in [-0.15, -0.1) is 0 Å². The summed E-state index contributed by atoms with van der Waals surface area (Å²) in [4.78, 5) is 32.0. The van der Waals surface area contributed by atoms with Crippen LogP contribution in [0, 0.1) is 11.3 Å². The van der Waals surface area contributed by atoms with Gasteiger partial charge in [-0.3, -0.25) is 4.79 Å². The van der Waals surface area contributed by atoms with Crippen molar-refractivity contribution in [2.45, 2.75) is 113 Å². The maximum atomic E-state index is 13.5. The fourth-order valence-electron chi connectivity index (χ4n) is 4.70. The van der Waals surface area contributed by atoms with Crippen molar-refractivity contribution in [3.05, 3.63) is 77.1 Å². The van der Waals surface area contributed by atoms with Gasteiger partial charge < -0.3 is 24.7 Å². The predicted octanol–water partition coefficient (Wildman–Crippen LogP) is 10.6. The third-order valence-electron chi connectivity index (χ3n) is 7.55. The molecule has 1 aliphatic heterocycles. The van der Waals surface area contributed by atoms with Crippen molar-refractivity contribution >= 4 is 41.6 Å². The number of carbonyl (C=O) groups is 2. The third-order valence-corrected chi connectivity index (χ3v) is 8.25. The van der Waals surface area contributed by atoms with Gasteiger partial charge in [-0.2, -0.15) is 11.8 Å². The molecule has 2 aromatic carbocycles. The van der Waals surface area contributed by atoms with E-state index in [1.807, 2.05) is 62.3 Å². The molecule has 0 aliphatic carbocycles. The van der Waals surface area contributed by atoms with E-state index in [9.17, 15) is 9.59 Å². The van der Waals surface area contributed by atoms with E-state index in [1.54, 1.807) is 23.6 Å². The number of unbranched alkanes of at least 4 members (excludes halogenated alkanes) is 1. The first-order valence-electron chi connectivity index (χ1n) is 18.2. The van der Waals surface area contributed by atoms with Crippen LogP contribution in [0.1, 0.15) is 118 Å². The van der Waals surface area contributed by atoms with Crippen LogP contribution in [0.5, 0.6) is 0 Å². The molecule has 0 bridgehead atoms. The number of hydrogen-bond donors (Lipinski definition) is 1. The van der Waals surface area contributed by atoms with Gasteiger partial charge in [-0.1, -0.05) is 110 Å². The van der Waals surface area contributed by atoms with Gasteiger partial charge in [0.1, 0.15) is 11.6 Å². The Morgan fingerprint density at radius 3 is 2.31 bits per heavy atom. The Bertz CT molecular complexity index is 1250. The van der Waals surface area contributed by atoms with Crippen LogP contribution in [0.15, 0.2) is 71.0 Å². The molecule has 0 radical (unpaired) electrons. The number of nitrogens with zero attached hydrogens (tertiary/aromatic N) is 3. The number of ketones is 1. The minimum absolute atomic E-state index is 0.0225. The number of rotatable bonds is 16. The smallest absolute Gasteiger partial charge is 0.263 e. The van der Waals surface area contributed by atoms with Crippen molar-refractivity contribution in [1.29, 1.82) is 5.41 Å². The van der Waals surface area contributed by atoms with E-state index in [0.717, 1.165) is 61.7 Å². The maximum absolute atomic E-state index is 13.5. The largest absolute Gasteiger partial charge is 0.369 e. The average molecular weight is 695 g/mol. The summed E-state index contributed by atoms with van der Waals surface area (Å²) in [7, 11) is 1.92. The van der Waals surface area contributed by atoms with Crippen molar-refractivity contribution < 1.29 is 14.3 Å². The average Bonchev–Trinajstić information content (AvgIpc) is 3.23. The zero-order valence-corrected chi connectivity index (χ0v) is 33.1. The molecule has 0 fully saturated rings. The van der Waals surface area contributed by atoms with Crippen LogP contribution in [-0.2, 0) is 20.9 Å². The van der Waals surface area contributed by atoms with E-state index in [4.69, 9.17) is 10.1 Å². The van der Waals surface area contributed by atoms with Crippen LogP contribution < -0.4 is 4.90 Å². The lowest BCUT2D eigenvalue weighted by Gasteiger charge is -2.24. The van der Waals surface area contributed by atoms with Crippen LogP contribution in [0.2, 0.25) is 0 Å². The number of hydrogen-bond acceptors (Lipinski definition) is 7. The summed E-state index contributed by atoms with van der Waals surface area (Å²) in [6, 6.07) is 18.4. The number of ether oxygens (including phenoxy) is 1. The van der Waals surface area contributed by atoms with Crippen LogP contribution >= 0.6 is 11.8 Å². The summed E-state index contributed by atoms with van der Waals surface area (Å²) >= 11 is 1.79. The lowest BCUT2D eigenvalue weighted by atomic mass is 9.96. The number of aliphatic imine (C=N–C) groups is 1. The zero-order chi connectivity index (χ0) is 37.0. The van der Waals surface area contributed by atoms with Crippen molar-refractivity contribution in [2.24, 2.45) is 10.9 Å². The summed E-state index contributed by atoms with van der Waals surface area (Å²) in [6.07, 6.45) is 12.0. The summed E-state index contributed by atoms with van der Waals surface area (Å²) in [6.45, 7) is 18.1. The van der Waals surface area contributed by atoms with E-state index in [-0.39, 0.29) is 12.0 Å². The van der Waals surface area contributed by atoms with E-state index < -0.39 is 0 Å². The maximum Gasteiger partial charge on any atom is 0.263 e. The fraction of sp³-hybridized carbons (Fsp3) is 0.561. The first-order valence-corrected chi connectivity index (χ1v) is 19.6. The molecule has 3 rings (SSSR count). The minimum Gasteiger partial charge on any atom is -0.369 e. The molecule has 2 unspecified atom stereocenters. The van der Waals surface area contributed by atoms with Crippen molar-refractivity contribution in [1.82, 2.24) is 4.90 Å². The Morgan fingerprint density at radius 2 is 1.73 bits per heavy atom. The van der Waals surface area contributed by atoms with E-state index in [0.29, 0.717) is 42.8 Å². The Labute approximate surface area is 303 Å². The third kappa shape index (κ3) is 18.4. The van der Waals surface area contributed by atoms with Crippen LogP contribution in [0.3, 0.4) is 0 Å². The van der Waals surface area contributed by atoms with E-state index >= 15 is 0 Å². The number of amides is 1. The van der Waals surface area contributed by atoms with Crippen molar-refractivity contribution in [2.75, 3.05) is 37.0 Å². The number of nitrogens with one attached hydrogen (secondary N) is 1. The van der Waals surface area contributed by atoms with Gasteiger partial charge in [0.05, 0.1) is 18.3 Å². The summed E-state index contributed by atoms with van der Waals surface area (Å²) < 4.78 is 6.44. The van der Waals surface area contributed by atoms with Gasteiger partial charge in [0, 0.05) is 44.7 Å². The molecule has 49 heavy (non-hydrogen) atoms. The molecule has 2 atom stereocenters. The molecule has 0 spiro atoms. The first kappa shape index (κ1) is 45.8. The van der Waals surface area contributed by atoms with E-state index in [2.05, 4.69) is 70.1 Å². The second-order valence-corrected chi connectivity index (χ2v) is 13.0. The molecule has 2 aromatic rings. The number of carbonyl (C=O) groups excluding carboxylic acids is 2. The van der Waals surface area contributed by atoms with Crippen molar-refractivity contribution in [3.8, 4) is 0 Å². The number of Topliss-reactive ketones (excluding diaryl/α,β-unsaturated/α-hetero) is 1. The van der Waals surface area contributed by atoms with Gasteiger partial charge in [0.15, 0.2) is 0 Å². The molecule has 8 heteroatoms. The standard InChI is InChI=1S/C30H40N4O2.C6H12OS.C3H8.C2H6/c1-5-7-16-32-29-27(21-31)30(35)34(18-17-33(29)4)26-15-11-12-24(20-26)22-36-28(19-23(3)6-2)25-13-9-8-10-14-25;1-6(7)4-3-5-8-2;1-3-2;1-2/h8-16,20-21,23,28,31H,5-7,17-19,22H2,1-4H3;3-5H2,1-2H3;3H2,1-2H3;1-2H3/b31-21?,32-16+;;;. The SMILES string of the molecule is CC.CCC.CCC/C=N/C1=C(C=N)C(=O)N(c2cccc(COC(CC(C)CC)c3ccccc3)c2)CCN1C.CSCCCC(C)=O. The Morgan fingerprint density at radius 1 is 1.06 bits per heavy atom. The van der Waals surface area contributed by atoms with Gasteiger partial charge in [-0.25, -0.2) is 4.99 Å². The molecule has 1 aliphatic rings.